The van der Waals surface area contributed by atoms with Crippen molar-refractivity contribution in [1.29, 1.82) is 0 Å². The minimum Gasteiger partial charge on any atom is -0.493 e. The molecule has 0 radical (unpaired) electrons. The van der Waals surface area contributed by atoms with Gasteiger partial charge in [-0.15, -0.1) is 0 Å². The highest BCUT2D eigenvalue weighted by atomic mass is 16.6. The van der Waals surface area contributed by atoms with Crippen LogP contribution in [0.25, 0.3) is 0 Å². The van der Waals surface area contributed by atoms with Gasteiger partial charge < -0.3 is 9.47 Å². The van der Waals surface area contributed by atoms with Crippen LogP contribution in [0, 0.1) is 0 Å². The van der Waals surface area contributed by atoms with E-state index in [9.17, 15) is 4.79 Å². The second kappa shape index (κ2) is 5.87. The Hall–Kier alpha value is -1.75. The predicted molar refractivity (Wildman–Crippen MR) is 53.6 cm³/mol. The maximum absolute atomic E-state index is 11.0. The number of amides is 1. The molecule has 0 aromatic heterocycles. The molecule has 0 aliphatic rings. The van der Waals surface area contributed by atoms with Gasteiger partial charge in [-0.2, -0.15) is 0 Å². The van der Waals surface area contributed by atoms with Crippen molar-refractivity contribution in [1.82, 2.24) is 5.48 Å². The van der Waals surface area contributed by atoms with E-state index in [0.717, 1.165) is 0 Å². The average Bonchev–Trinajstić information content (AvgIpc) is 2.27. The summed E-state index contributed by atoms with van der Waals surface area (Å²) in [6.45, 7) is -0.117. The smallest absolute Gasteiger partial charge is 0.281 e. The second-order valence-electron chi connectivity index (χ2n) is 2.67. The first-order valence-electron chi connectivity index (χ1n) is 4.35. The molecule has 0 aliphatic carbocycles. The van der Waals surface area contributed by atoms with Crippen molar-refractivity contribution >= 4 is 5.91 Å². The molecule has 1 N–H and O–H groups in total. The van der Waals surface area contributed by atoms with Gasteiger partial charge in [-0.3, -0.25) is 9.63 Å². The zero-order chi connectivity index (χ0) is 11.1. The fourth-order valence-corrected chi connectivity index (χ4v) is 1.02. The Morgan fingerprint density at radius 2 is 1.93 bits per heavy atom. The van der Waals surface area contributed by atoms with Gasteiger partial charge in [0.2, 0.25) is 0 Å². The molecule has 0 spiro atoms. The molecule has 1 aromatic rings. The Bertz CT molecular complexity index is 327. The van der Waals surface area contributed by atoms with Gasteiger partial charge in [-0.05, 0) is 12.1 Å². The van der Waals surface area contributed by atoms with Gasteiger partial charge in [0, 0.05) is 0 Å². The molecule has 1 rings (SSSR count). The maximum atomic E-state index is 11.0. The minimum absolute atomic E-state index is 0.117. The van der Waals surface area contributed by atoms with E-state index in [2.05, 4.69) is 10.3 Å². The summed E-state index contributed by atoms with van der Waals surface area (Å²) < 4.78 is 10.3. The quantitative estimate of drug-likeness (QED) is 0.730. The first-order chi connectivity index (χ1) is 7.27. The SMILES string of the molecule is CONC(=O)COc1ccccc1OC. The average molecular weight is 211 g/mol. The Kier molecular flexibility index (Phi) is 4.43. The largest absolute Gasteiger partial charge is 0.493 e. The van der Waals surface area contributed by atoms with Crippen LogP contribution in [0.3, 0.4) is 0 Å². The number of carbonyl (C=O) groups excluding carboxylic acids is 1. The van der Waals surface area contributed by atoms with Gasteiger partial charge in [-0.25, -0.2) is 5.48 Å². The molecule has 0 heterocycles. The number of hydrogen-bond acceptors (Lipinski definition) is 4. The number of rotatable bonds is 5. The van der Waals surface area contributed by atoms with Gasteiger partial charge >= 0.3 is 0 Å². The number of carbonyl (C=O) groups is 1. The third-order valence-corrected chi connectivity index (χ3v) is 1.64. The van der Waals surface area contributed by atoms with Crippen LogP contribution >= 0.6 is 0 Å². The van der Waals surface area contributed by atoms with Crippen LogP contribution in [0.1, 0.15) is 0 Å². The second-order valence-corrected chi connectivity index (χ2v) is 2.67. The minimum atomic E-state index is -0.358. The first-order valence-corrected chi connectivity index (χ1v) is 4.35. The van der Waals surface area contributed by atoms with E-state index in [1.165, 1.54) is 14.2 Å². The molecule has 0 bridgehead atoms. The van der Waals surface area contributed by atoms with Crippen LogP contribution in [-0.4, -0.2) is 26.7 Å². The summed E-state index contributed by atoms with van der Waals surface area (Å²) in [5.41, 5.74) is 2.15. The molecular formula is C10H13NO4. The van der Waals surface area contributed by atoms with Crippen molar-refractivity contribution in [2.45, 2.75) is 0 Å². The van der Waals surface area contributed by atoms with Gasteiger partial charge in [0.1, 0.15) is 0 Å². The molecule has 82 valence electrons. The van der Waals surface area contributed by atoms with Gasteiger partial charge in [0.05, 0.1) is 14.2 Å². The Balaban J connectivity index is 2.53. The molecule has 5 heteroatoms. The lowest BCUT2D eigenvalue weighted by atomic mass is 10.3. The lowest BCUT2D eigenvalue weighted by Crippen LogP contribution is -2.27. The Labute approximate surface area is 87.9 Å². The van der Waals surface area contributed by atoms with E-state index in [1.54, 1.807) is 18.2 Å². The topological polar surface area (TPSA) is 56.8 Å². The zero-order valence-electron chi connectivity index (χ0n) is 8.65. The van der Waals surface area contributed by atoms with Crippen LogP contribution in [0.2, 0.25) is 0 Å². The third kappa shape index (κ3) is 3.47. The molecule has 0 saturated carbocycles. The van der Waals surface area contributed by atoms with E-state index >= 15 is 0 Å². The van der Waals surface area contributed by atoms with Gasteiger partial charge in [-0.1, -0.05) is 12.1 Å². The van der Waals surface area contributed by atoms with E-state index in [-0.39, 0.29) is 12.5 Å². The molecule has 1 aromatic carbocycles. The molecule has 0 fully saturated rings. The van der Waals surface area contributed by atoms with Gasteiger partial charge in [0.15, 0.2) is 18.1 Å². The fourth-order valence-electron chi connectivity index (χ4n) is 1.02. The lowest BCUT2D eigenvalue weighted by molar-refractivity contribution is -0.133. The summed E-state index contributed by atoms with van der Waals surface area (Å²) in [6, 6.07) is 7.09. The number of nitrogens with one attached hydrogen (secondary N) is 1. The van der Waals surface area contributed by atoms with Crippen molar-refractivity contribution < 1.29 is 19.1 Å². The maximum Gasteiger partial charge on any atom is 0.281 e. The molecule has 15 heavy (non-hydrogen) atoms. The molecular weight excluding hydrogens is 198 g/mol. The first kappa shape index (κ1) is 11.3. The predicted octanol–water partition coefficient (Wildman–Crippen LogP) is 0.752. The highest BCUT2D eigenvalue weighted by Crippen LogP contribution is 2.25. The Morgan fingerprint density at radius 1 is 1.27 bits per heavy atom. The van der Waals surface area contributed by atoms with E-state index in [4.69, 9.17) is 9.47 Å². The molecule has 0 saturated heterocycles. The summed E-state index contributed by atoms with van der Waals surface area (Å²) in [5.74, 6) is 0.748. The highest BCUT2D eigenvalue weighted by molar-refractivity contribution is 5.76. The van der Waals surface area contributed by atoms with E-state index < -0.39 is 0 Å². The van der Waals surface area contributed by atoms with Gasteiger partial charge in [0.25, 0.3) is 5.91 Å². The van der Waals surface area contributed by atoms with E-state index in [1.807, 2.05) is 6.07 Å². The normalized spacial score (nSPS) is 9.47. The number of methoxy groups -OCH3 is 1. The third-order valence-electron chi connectivity index (χ3n) is 1.64. The van der Waals surface area contributed by atoms with Crippen molar-refractivity contribution in [3.05, 3.63) is 24.3 Å². The zero-order valence-corrected chi connectivity index (χ0v) is 8.65. The number of hydrogen-bond donors (Lipinski definition) is 1. The van der Waals surface area contributed by atoms with Crippen molar-refractivity contribution in [3.63, 3.8) is 0 Å². The number of ether oxygens (including phenoxy) is 2. The van der Waals surface area contributed by atoms with Crippen LogP contribution < -0.4 is 15.0 Å². The van der Waals surface area contributed by atoms with Crippen LogP contribution in [0.5, 0.6) is 11.5 Å². The van der Waals surface area contributed by atoms with Crippen LogP contribution in [0.4, 0.5) is 0 Å². The molecule has 5 nitrogen and oxygen atoms in total. The summed E-state index contributed by atoms with van der Waals surface area (Å²) >= 11 is 0. The number of benzene rings is 1. The molecule has 0 atom stereocenters. The highest BCUT2D eigenvalue weighted by Gasteiger charge is 2.05. The molecule has 0 unspecified atom stereocenters. The number of para-hydroxylation sites is 2. The fraction of sp³-hybridized carbons (Fsp3) is 0.300. The van der Waals surface area contributed by atoms with Crippen LogP contribution in [0.15, 0.2) is 24.3 Å². The van der Waals surface area contributed by atoms with Crippen molar-refractivity contribution in [2.75, 3.05) is 20.8 Å². The molecule has 0 aliphatic heterocycles. The van der Waals surface area contributed by atoms with Crippen molar-refractivity contribution in [2.24, 2.45) is 0 Å². The summed E-state index contributed by atoms with van der Waals surface area (Å²) in [5, 5.41) is 0. The Morgan fingerprint density at radius 3 is 2.53 bits per heavy atom. The standard InChI is InChI=1S/C10H13NO4/c1-13-8-5-3-4-6-9(8)15-7-10(12)11-14-2/h3-6H,7H2,1-2H3,(H,11,12). The lowest BCUT2D eigenvalue weighted by Gasteiger charge is -2.09. The summed E-state index contributed by atoms with van der Waals surface area (Å²) in [6.07, 6.45) is 0. The summed E-state index contributed by atoms with van der Waals surface area (Å²) in [7, 11) is 2.90. The van der Waals surface area contributed by atoms with Crippen LogP contribution in [-0.2, 0) is 9.63 Å². The van der Waals surface area contributed by atoms with E-state index in [0.29, 0.717) is 11.5 Å². The molecule has 1 amide bonds. The number of hydroxylamine groups is 1. The monoisotopic (exact) mass is 211 g/mol. The summed E-state index contributed by atoms with van der Waals surface area (Å²) in [4.78, 5) is 15.5. The van der Waals surface area contributed by atoms with Crippen molar-refractivity contribution in [3.8, 4) is 11.5 Å².